The summed E-state index contributed by atoms with van der Waals surface area (Å²) in [5.74, 6) is 0.689. The Balaban J connectivity index is 0.00000161. The number of likely N-dealkylation sites (N-methyl/N-ethyl adjacent to an activating group) is 1. The van der Waals surface area contributed by atoms with Gasteiger partial charge in [0.05, 0.1) is 11.6 Å². The average Bonchev–Trinajstić information content (AvgIpc) is 2.91. The summed E-state index contributed by atoms with van der Waals surface area (Å²) in [5, 5.41) is 7.35. The Kier molecular flexibility index (Phi) is 5.53. The van der Waals surface area contributed by atoms with Crippen LogP contribution in [0.3, 0.4) is 0 Å². The van der Waals surface area contributed by atoms with Crippen molar-refractivity contribution in [2.45, 2.75) is 6.04 Å². The van der Waals surface area contributed by atoms with Gasteiger partial charge in [0.15, 0.2) is 5.82 Å². The predicted octanol–water partition coefficient (Wildman–Crippen LogP) is 2.48. The molecule has 0 amide bonds. The first-order chi connectivity index (χ1) is 9.65. The van der Waals surface area contributed by atoms with Crippen molar-refractivity contribution in [2.75, 3.05) is 26.7 Å². The summed E-state index contributed by atoms with van der Waals surface area (Å²) in [7, 11) is 2.04. The molecule has 2 heterocycles. The molecule has 1 aromatic carbocycles. The van der Waals surface area contributed by atoms with Crippen LogP contribution in [0.1, 0.15) is 11.9 Å². The molecule has 0 aliphatic carbocycles. The van der Waals surface area contributed by atoms with Gasteiger partial charge in [0, 0.05) is 23.2 Å². The molecule has 0 saturated carbocycles. The van der Waals surface area contributed by atoms with Gasteiger partial charge in [0.2, 0.25) is 0 Å². The standard InChI is InChI=1S/C13H14FIN4O.ClH/c1-19-5-4-16-7-11(19)12-17-13(20-18-12)9-6-8(14)2-3-10(9)15;/h2-3,6,11,16H,4-5,7H2,1H3;1H. The van der Waals surface area contributed by atoms with Crippen molar-refractivity contribution in [3.05, 3.63) is 33.4 Å². The van der Waals surface area contributed by atoms with E-state index in [0.29, 0.717) is 17.3 Å². The van der Waals surface area contributed by atoms with Crippen LogP contribution in [0.5, 0.6) is 0 Å². The largest absolute Gasteiger partial charge is 0.334 e. The van der Waals surface area contributed by atoms with Gasteiger partial charge >= 0.3 is 0 Å². The fourth-order valence-electron chi connectivity index (χ4n) is 2.24. The molecule has 1 unspecified atom stereocenters. The zero-order valence-corrected chi connectivity index (χ0v) is 14.3. The predicted molar refractivity (Wildman–Crippen MR) is 87.9 cm³/mol. The van der Waals surface area contributed by atoms with Gasteiger partial charge in [0.1, 0.15) is 5.82 Å². The number of nitrogens with zero attached hydrogens (tertiary/aromatic N) is 3. The summed E-state index contributed by atoms with van der Waals surface area (Å²) < 4.78 is 19.5. The molecule has 21 heavy (non-hydrogen) atoms. The Morgan fingerprint density at radius 2 is 2.29 bits per heavy atom. The molecule has 1 N–H and O–H groups in total. The average molecular weight is 425 g/mol. The summed E-state index contributed by atoms with van der Waals surface area (Å²) in [4.78, 5) is 6.61. The number of benzene rings is 1. The molecule has 0 bridgehead atoms. The molecule has 1 atom stereocenters. The van der Waals surface area contributed by atoms with Gasteiger partial charge in [-0.2, -0.15) is 4.98 Å². The monoisotopic (exact) mass is 424 g/mol. The Hall–Kier alpha value is -0.770. The number of rotatable bonds is 2. The third-order valence-corrected chi connectivity index (χ3v) is 4.35. The van der Waals surface area contributed by atoms with Crippen molar-refractivity contribution in [1.29, 1.82) is 0 Å². The molecule has 1 fully saturated rings. The highest BCUT2D eigenvalue weighted by Crippen LogP contribution is 2.27. The van der Waals surface area contributed by atoms with E-state index in [1.54, 1.807) is 6.07 Å². The van der Waals surface area contributed by atoms with Gasteiger partial charge in [-0.1, -0.05) is 5.16 Å². The van der Waals surface area contributed by atoms with E-state index in [1.165, 1.54) is 12.1 Å². The summed E-state index contributed by atoms with van der Waals surface area (Å²) in [6.07, 6.45) is 0. The first-order valence-electron chi connectivity index (χ1n) is 6.35. The SMILES string of the molecule is CN1CCNCC1c1noc(-c2cc(F)ccc2I)n1.Cl. The number of aromatic nitrogens is 2. The van der Waals surface area contributed by atoms with Crippen molar-refractivity contribution < 1.29 is 8.91 Å². The van der Waals surface area contributed by atoms with Gasteiger partial charge < -0.3 is 9.84 Å². The Labute approximate surface area is 141 Å². The summed E-state index contributed by atoms with van der Waals surface area (Å²) in [6, 6.07) is 4.62. The van der Waals surface area contributed by atoms with Gasteiger partial charge in [0.25, 0.3) is 5.89 Å². The van der Waals surface area contributed by atoms with Crippen LogP contribution in [0.2, 0.25) is 0 Å². The lowest BCUT2D eigenvalue weighted by Gasteiger charge is -2.30. The molecular formula is C13H15ClFIN4O. The van der Waals surface area contributed by atoms with Crippen molar-refractivity contribution in [3.63, 3.8) is 0 Å². The van der Waals surface area contributed by atoms with E-state index in [2.05, 4.69) is 42.9 Å². The normalized spacial score (nSPS) is 19.3. The van der Waals surface area contributed by atoms with E-state index in [0.717, 1.165) is 23.2 Å². The van der Waals surface area contributed by atoms with Gasteiger partial charge in [-0.15, -0.1) is 12.4 Å². The van der Waals surface area contributed by atoms with Crippen LogP contribution in [0.25, 0.3) is 11.5 Å². The molecule has 3 rings (SSSR count). The van der Waals surface area contributed by atoms with E-state index in [-0.39, 0.29) is 24.3 Å². The fourth-order valence-corrected chi connectivity index (χ4v) is 2.80. The van der Waals surface area contributed by atoms with Gasteiger partial charge in [-0.05, 0) is 47.8 Å². The molecule has 5 nitrogen and oxygen atoms in total. The molecule has 1 aliphatic rings. The van der Waals surface area contributed by atoms with E-state index in [4.69, 9.17) is 4.52 Å². The summed E-state index contributed by atoms with van der Waals surface area (Å²) in [6.45, 7) is 2.68. The minimum absolute atomic E-state index is 0. The molecule has 1 saturated heterocycles. The summed E-state index contributed by atoms with van der Waals surface area (Å²) >= 11 is 2.13. The molecule has 2 aromatic rings. The van der Waals surface area contributed by atoms with Crippen molar-refractivity contribution in [1.82, 2.24) is 20.4 Å². The Morgan fingerprint density at radius 3 is 3.05 bits per heavy atom. The van der Waals surface area contributed by atoms with Crippen molar-refractivity contribution in [3.8, 4) is 11.5 Å². The second-order valence-electron chi connectivity index (χ2n) is 4.78. The number of hydrogen-bond donors (Lipinski definition) is 1. The van der Waals surface area contributed by atoms with Crippen molar-refractivity contribution in [2.24, 2.45) is 0 Å². The zero-order valence-electron chi connectivity index (χ0n) is 11.3. The van der Waals surface area contributed by atoms with Crippen LogP contribution < -0.4 is 5.32 Å². The molecule has 0 radical (unpaired) electrons. The smallest absolute Gasteiger partial charge is 0.259 e. The van der Waals surface area contributed by atoms with E-state index >= 15 is 0 Å². The highest BCUT2D eigenvalue weighted by molar-refractivity contribution is 14.1. The van der Waals surface area contributed by atoms with Crippen LogP contribution in [-0.2, 0) is 0 Å². The van der Waals surface area contributed by atoms with Gasteiger partial charge in [-0.3, -0.25) is 4.90 Å². The maximum Gasteiger partial charge on any atom is 0.259 e. The number of nitrogens with one attached hydrogen (secondary N) is 1. The lowest BCUT2D eigenvalue weighted by Crippen LogP contribution is -2.44. The number of hydrogen-bond acceptors (Lipinski definition) is 5. The lowest BCUT2D eigenvalue weighted by molar-refractivity contribution is 0.190. The van der Waals surface area contributed by atoms with E-state index in [1.807, 2.05) is 7.05 Å². The maximum absolute atomic E-state index is 13.3. The molecular weight excluding hydrogens is 410 g/mol. The second kappa shape index (κ2) is 6.99. The minimum Gasteiger partial charge on any atom is -0.334 e. The quantitative estimate of drug-likeness (QED) is 0.751. The molecule has 8 heteroatoms. The van der Waals surface area contributed by atoms with E-state index < -0.39 is 0 Å². The van der Waals surface area contributed by atoms with Crippen LogP contribution in [0.4, 0.5) is 4.39 Å². The summed E-state index contributed by atoms with van der Waals surface area (Å²) in [5.41, 5.74) is 0.635. The van der Waals surface area contributed by atoms with Crippen LogP contribution in [0, 0.1) is 9.39 Å². The van der Waals surface area contributed by atoms with Crippen LogP contribution in [-0.4, -0.2) is 41.7 Å². The lowest BCUT2D eigenvalue weighted by atomic mass is 10.2. The highest BCUT2D eigenvalue weighted by atomic mass is 127. The first-order valence-corrected chi connectivity index (χ1v) is 7.43. The topological polar surface area (TPSA) is 54.2 Å². The molecule has 1 aromatic heterocycles. The Bertz CT molecular complexity index is 624. The number of halogens is 3. The zero-order chi connectivity index (χ0) is 14.1. The Morgan fingerprint density at radius 1 is 1.48 bits per heavy atom. The molecule has 1 aliphatic heterocycles. The van der Waals surface area contributed by atoms with E-state index in [9.17, 15) is 4.39 Å². The fraction of sp³-hybridized carbons (Fsp3) is 0.385. The third-order valence-electron chi connectivity index (χ3n) is 3.41. The molecule has 0 spiro atoms. The van der Waals surface area contributed by atoms with Crippen LogP contribution >= 0.6 is 35.0 Å². The second-order valence-corrected chi connectivity index (χ2v) is 5.94. The maximum atomic E-state index is 13.3. The van der Waals surface area contributed by atoms with Crippen molar-refractivity contribution >= 4 is 35.0 Å². The first kappa shape index (κ1) is 16.6. The molecule has 114 valence electrons. The minimum atomic E-state index is -0.309. The van der Waals surface area contributed by atoms with Crippen LogP contribution in [0.15, 0.2) is 22.7 Å². The van der Waals surface area contributed by atoms with Gasteiger partial charge in [-0.25, -0.2) is 4.39 Å². The third kappa shape index (κ3) is 3.53. The highest BCUT2D eigenvalue weighted by Gasteiger charge is 2.25. The number of piperazine rings is 1.